The van der Waals surface area contributed by atoms with Gasteiger partial charge in [0.05, 0.1) is 21.5 Å². The van der Waals surface area contributed by atoms with E-state index in [0.717, 1.165) is 11.1 Å². The number of carbonyl (C=O) groups is 1. The molecule has 29 heavy (non-hydrogen) atoms. The Hall–Kier alpha value is -2.90. The van der Waals surface area contributed by atoms with E-state index in [4.69, 9.17) is 11.6 Å². The highest BCUT2D eigenvalue weighted by Gasteiger charge is 2.20. The molecule has 1 unspecified atom stereocenters. The summed E-state index contributed by atoms with van der Waals surface area (Å²) in [6.45, 7) is 3.69. The molecule has 0 aliphatic heterocycles. The number of halogens is 1. The summed E-state index contributed by atoms with van der Waals surface area (Å²) in [4.78, 5) is 16.6. The average molecular weight is 430 g/mol. The standard InChI is InChI=1S/C21H20ClN3O3S/c1-14-4-3-5-17(12-14)25-29(27,28)18-6-7-20(22)19(13-18)21(26)24-15(2)16-8-10-23-11-9-16/h3-13,15,25H,1-2H3,(H,24,26). The Morgan fingerprint density at radius 1 is 1.07 bits per heavy atom. The highest BCUT2D eigenvalue weighted by Crippen LogP contribution is 2.24. The van der Waals surface area contributed by atoms with Crippen molar-refractivity contribution in [2.24, 2.45) is 0 Å². The van der Waals surface area contributed by atoms with Gasteiger partial charge in [0.25, 0.3) is 15.9 Å². The van der Waals surface area contributed by atoms with Gasteiger partial charge in [0.2, 0.25) is 0 Å². The van der Waals surface area contributed by atoms with Crippen LogP contribution in [0.25, 0.3) is 0 Å². The summed E-state index contributed by atoms with van der Waals surface area (Å²) in [5.41, 5.74) is 2.32. The van der Waals surface area contributed by atoms with Crippen molar-refractivity contribution in [3.05, 3.63) is 88.7 Å². The fraction of sp³-hybridized carbons (Fsp3) is 0.143. The Morgan fingerprint density at radius 2 is 1.79 bits per heavy atom. The van der Waals surface area contributed by atoms with Gasteiger partial charge in [0.15, 0.2) is 0 Å². The fourth-order valence-electron chi connectivity index (χ4n) is 2.78. The number of sulfonamides is 1. The fourth-order valence-corrected chi connectivity index (χ4v) is 4.06. The summed E-state index contributed by atoms with van der Waals surface area (Å²) in [7, 11) is -3.88. The molecule has 3 aromatic rings. The number of carbonyl (C=O) groups excluding carboxylic acids is 1. The molecule has 0 spiro atoms. The van der Waals surface area contributed by atoms with Gasteiger partial charge in [-0.05, 0) is 67.4 Å². The monoisotopic (exact) mass is 429 g/mol. The van der Waals surface area contributed by atoms with E-state index in [2.05, 4.69) is 15.0 Å². The van der Waals surface area contributed by atoms with E-state index in [9.17, 15) is 13.2 Å². The normalized spacial score (nSPS) is 12.2. The molecular formula is C21H20ClN3O3S. The second-order valence-corrected chi connectivity index (χ2v) is 8.68. The molecule has 2 N–H and O–H groups in total. The van der Waals surface area contributed by atoms with Crippen LogP contribution in [-0.2, 0) is 10.0 Å². The zero-order valence-electron chi connectivity index (χ0n) is 15.9. The van der Waals surface area contributed by atoms with E-state index in [1.807, 2.05) is 19.9 Å². The lowest BCUT2D eigenvalue weighted by molar-refractivity contribution is 0.0940. The lowest BCUT2D eigenvalue weighted by atomic mass is 10.1. The molecule has 0 bridgehead atoms. The summed E-state index contributed by atoms with van der Waals surface area (Å²) < 4.78 is 28.0. The molecule has 3 rings (SSSR count). The van der Waals surface area contributed by atoms with Crippen LogP contribution in [0.3, 0.4) is 0 Å². The highest BCUT2D eigenvalue weighted by atomic mass is 35.5. The van der Waals surface area contributed by atoms with Crippen molar-refractivity contribution in [2.45, 2.75) is 24.8 Å². The minimum absolute atomic E-state index is 0.0508. The number of hydrogen-bond donors (Lipinski definition) is 2. The van der Waals surface area contributed by atoms with Crippen molar-refractivity contribution < 1.29 is 13.2 Å². The maximum atomic E-state index is 12.7. The lowest BCUT2D eigenvalue weighted by Gasteiger charge is -2.15. The first-order valence-electron chi connectivity index (χ1n) is 8.86. The van der Waals surface area contributed by atoms with Crippen LogP contribution in [0.1, 0.15) is 34.5 Å². The number of amides is 1. The van der Waals surface area contributed by atoms with Gasteiger partial charge >= 0.3 is 0 Å². The summed E-state index contributed by atoms with van der Waals surface area (Å²) in [6.07, 6.45) is 3.27. The number of nitrogens with zero attached hydrogens (tertiary/aromatic N) is 1. The molecule has 2 aromatic carbocycles. The molecule has 0 aliphatic rings. The minimum Gasteiger partial charge on any atom is -0.345 e. The van der Waals surface area contributed by atoms with E-state index in [-0.39, 0.29) is 21.5 Å². The van der Waals surface area contributed by atoms with Gasteiger partial charge in [-0.1, -0.05) is 23.7 Å². The zero-order chi connectivity index (χ0) is 21.0. The maximum Gasteiger partial charge on any atom is 0.261 e. The van der Waals surface area contributed by atoms with E-state index in [0.29, 0.717) is 5.69 Å². The molecule has 8 heteroatoms. The molecule has 1 heterocycles. The minimum atomic E-state index is -3.88. The van der Waals surface area contributed by atoms with Crippen LogP contribution in [-0.4, -0.2) is 19.3 Å². The number of anilines is 1. The third-order valence-electron chi connectivity index (χ3n) is 4.32. The van der Waals surface area contributed by atoms with Gasteiger partial charge in [0.1, 0.15) is 0 Å². The predicted molar refractivity (Wildman–Crippen MR) is 114 cm³/mol. The van der Waals surface area contributed by atoms with Crippen molar-refractivity contribution >= 4 is 33.2 Å². The Balaban J connectivity index is 1.84. The van der Waals surface area contributed by atoms with Gasteiger partial charge in [-0.15, -0.1) is 0 Å². The van der Waals surface area contributed by atoms with Gasteiger partial charge < -0.3 is 5.32 Å². The van der Waals surface area contributed by atoms with Gasteiger partial charge in [-0.25, -0.2) is 8.42 Å². The molecule has 150 valence electrons. The SMILES string of the molecule is Cc1cccc(NS(=O)(=O)c2ccc(Cl)c(C(=O)NC(C)c3ccncc3)c2)c1. The van der Waals surface area contributed by atoms with E-state index in [1.54, 1.807) is 42.7 Å². The largest absolute Gasteiger partial charge is 0.345 e. The average Bonchev–Trinajstić information content (AvgIpc) is 2.68. The summed E-state index contributed by atoms with van der Waals surface area (Å²) >= 11 is 6.17. The van der Waals surface area contributed by atoms with Gasteiger partial charge in [0, 0.05) is 18.1 Å². The van der Waals surface area contributed by atoms with Gasteiger partial charge in [-0.2, -0.15) is 0 Å². The van der Waals surface area contributed by atoms with Crippen LogP contribution in [0.15, 0.2) is 71.9 Å². The Bertz CT molecular complexity index is 1130. The molecule has 6 nitrogen and oxygen atoms in total. The number of nitrogens with one attached hydrogen (secondary N) is 2. The highest BCUT2D eigenvalue weighted by molar-refractivity contribution is 7.92. The molecule has 0 fully saturated rings. The number of hydrogen-bond acceptors (Lipinski definition) is 4. The Labute approximate surface area is 175 Å². The smallest absolute Gasteiger partial charge is 0.261 e. The van der Waals surface area contributed by atoms with Crippen LogP contribution in [0.5, 0.6) is 0 Å². The molecule has 0 aliphatic carbocycles. The van der Waals surface area contributed by atoms with Crippen molar-refractivity contribution in [3.63, 3.8) is 0 Å². The quantitative estimate of drug-likeness (QED) is 0.610. The molecule has 0 radical (unpaired) electrons. The van der Waals surface area contributed by atoms with Crippen LogP contribution < -0.4 is 10.0 Å². The van der Waals surface area contributed by atoms with Gasteiger partial charge in [-0.3, -0.25) is 14.5 Å². The predicted octanol–water partition coefficient (Wildman–Crippen LogP) is 4.34. The molecule has 0 saturated carbocycles. The number of rotatable bonds is 6. The van der Waals surface area contributed by atoms with E-state index in [1.165, 1.54) is 18.2 Å². The Kier molecular flexibility index (Phi) is 6.20. The number of pyridine rings is 1. The summed E-state index contributed by atoms with van der Waals surface area (Å²) in [6, 6.07) is 14.3. The Morgan fingerprint density at radius 3 is 2.48 bits per heavy atom. The summed E-state index contributed by atoms with van der Waals surface area (Å²) in [5, 5.41) is 2.99. The second kappa shape index (κ2) is 8.63. The van der Waals surface area contributed by atoms with Crippen LogP contribution >= 0.6 is 11.6 Å². The van der Waals surface area contributed by atoms with E-state index < -0.39 is 15.9 Å². The molecule has 0 saturated heterocycles. The molecule has 1 aromatic heterocycles. The van der Waals surface area contributed by atoms with Crippen molar-refractivity contribution in [1.82, 2.24) is 10.3 Å². The number of aromatic nitrogens is 1. The molecular weight excluding hydrogens is 410 g/mol. The first-order valence-corrected chi connectivity index (χ1v) is 10.7. The molecule has 1 atom stereocenters. The number of benzene rings is 2. The number of aryl methyl sites for hydroxylation is 1. The lowest BCUT2D eigenvalue weighted by Crippen LogP contribution is -2.27. The maximum absolute atomic E-state index is 12.7. The third kappa shape index (κ3) is 5.13. The van der Waals surface area contributed by atoms with Crippen molar-refractivity contribution in [3.8, 4) is 0 Å². The topological polar surface area (TPSA) is 88.2 Å². The first kappa shape index (κ1) is 20.8. The van der Waals surface area contributed by atoms with E-state index >= 15 is 0 Å². The van der Waals surface area contributed by atoms with Crippen molar-refractivity contribution in [1.29, 1.82) is 0 Å². The van der Waals surface area contributed by atoms with Crippen molar-refractivity contribution in [2.75, 3.05) is 4.72 Å². The van der Waals surface area contributed by atoms with Crippen LogP contribution in [0.4, 0.5) is 5.69 Å². The molecule has 1 amide bonds. The van der Waals surface area contributed by atoms with Crippen LogP contribution in [0, 0.1) is 6.92 Å². The van der Waals surface area contributed by atoms with Crippen LogP contribution in [0.2, 0.25) is 5.02 Å². The second-order valence-electron chi connectivity index (χ2n) is 6.59. The third-order valence-corrected chi connectivity index (χ3v) is 6.03. The first-order chi connectivity index (χ1) is 13.8. The summed E-state index contributed by atoms with van der Waals surface area (Å²) in [5.74, 6) is -0.466. The zero-order valence-corrected chi connectivity index (χ0v) is 17.5.